The zero-order valence-corrected chi connectivity index (χ0v) is 15.9. The Kier molecular flexibility index (Phi) is 8.18. The molecule has 0 saturated carbocycles. The summed E-state index contributed by atoms with van der Waals surface area (Å²) < 4.78 is 5.25. The van der Waals surface area contributed by atoms with Gasteiger partial charge in [0.1, 0.15) is 5.75 Å². The van der Waals surface area contributed by atoms with Crippen LogP contribution in [0.25, 0.3) is 0 Å². The molecule has 120 valence electrons. The highest BCUT2D eigenvalue weighted by Crippen LogP contribution is 2.22. The van der Waals surface area contributed by atoms with E-state index in [1.807, 2.05) is 31.2 Å². The van der Waals surface area contributed by atoms with E-state index in [2.05, 4.69) is 20.7 Å². The second-order valence-electron chi connectivity index (χ2n) is 4.58. The fourth-order valence-corrected chi connectivity index (χ4v) is 2.69. The molecule has 1 heterocycles. The van der Waals surface area contributed by atoms with Crippen LogP contribution < -0.4 is 15.8 Å². The summed E-state index contributed by atoms with van der Waals surface area (Å²) in [6, 6.07) is 7.61. The molecule has 0 radical (unpaired) electrons. The molecule has 5 nitrogen and oxygen atoms in total. The van der Waals surface area contributed by atoms with Crippen molar-refractivity contribution in [3.05, 3.63) is 40.3 Å². The van der Waals surface area contributed by atoms with Gasteiger partial charge in [0.15, 0.2) is 5.96 Å². The number of aromatic nitrogens is 1. The molecule has 1 aromatic carbocycles. The Bertz CT molecular complexity index is 615. The summed E-state index contributed by atoms with van der Waals surface area (Å²) in [4.78, 5) is 8.75. The molecule has 0 fully saturated rings. The Hall–Kier alpha value is -1.35. The minimum atomic E-state index is 0. The molecule has 0 spiro atoms. The summed E-state index contributed by atoms with van der Waals surface area (Å²) >= 11 is 1.69. The zero-order chi connectivity index (χ0) is 15.1. The van der Waals surface area contributed by atoms with Crippen LogP contribution >= 0.6 is 35.3 Å². The van der Waals surface area contributed by atoms with Crippen LogP contribution in [0.2, 0.25) is 0 Å². The number of rotatable bonds is 6. The molecule has 0 saturated heterocycles. The highest BCUT2D eigenvalue weighted by atomic mass is 127. The minimum absolute atomic E-state index is 0. The summed E-state index contributed by atoms with van der Waals surface area (Å²) in [7, 11) is 1.63. The number of aryl methyl sites for hydroxylation is 2. The average molecular weight is 432 g/mol. The summed E-state index contributed by atoms with van der Waals surface area (Å²) in [6.07, 6.45) is 1.87. The molecule has 2 rings (SSSR count). The Morgan fingerprint density at radius 1 is 1.41 bits per heavy atom. The van der Waals surface area contributed by atoms with Gasteiger partial charge in [-0.05, 0) is 25.5 Å². The van der Waals surface area contributed by atoms with E-state index in [9.17, 15) is 0 Å². The zero-order valence-electron chi connectivity index (χ0n) is 12.7. The maximum absolute atomic E-state index is 5.88. The Morgan fingerprint density at radius 2 is 2.18 bits per heavy atom. The van der Waals surface area contributed by atoms with E-state index in [1.54, 1.807) is 18.4 Å². The molecule has 0 unspecified atom stereocenters. The third kappa shape index (κ3) is 5.80. The van der Waals surface area contributed by atoms with Crippen molar-refractivity contribution in [1.29, 1.82) is 0 Å². The molecule has 22 heavy (non-hydrogen) atoms. The lowest BCUT2D eigenvalue weighted by atomic mass is 10.3. The molecule has 0 amide bonds. The molecular formula is C15H21IN4OS. The van der Waals surface area contributed by atoms with E-state index in [-0.39, 0.29) is 24.0 Å². The first-order valence-corrected chi connectivity index (χ1v) is 7.68. The van der Waals surface area contributed by atoms with Gasteiger partial charge < -0.3 is 15.8 Å². The molecule has 3 N–H and O–H groups in total. The fourth-order valence-electron chi connectivity index (χ4n) is 1.87. The van der Waals surface area contributed by atoms with Crippen LogP contribution in [0.1, 0.15) is 17.1 Å². The van der Waals surface area contributed by atoms with Gasteiger partial charge in [0, 0.05) is 24.0 Å². The topological polar surface area (TPSA) is 72.5 Å². The van der Waals surface area contributed by atoms with Crippen LogP contribution in [0, 0.1) is 6.92 Å². The summed E-state index contributed by atoms with van der Waals surface area (Å²) in [5.74, 6) is 1.14. The Balaban J connectivity index is 0.00000242. The van der Waals surface area contributed by atoms with Crippen molar-refractivity contribution in [3.8, 4) is 5.75 Å². The Labute approximate surface area is 152 Å². The van der Waals surface area contributed by atoms with E-state index in [0.717, 1.165) is 35.0 Å². The number of methoxy groups -OCH3 is 1. The quantitative estimate of drug-likeness (QED) is 0.318. The number of aliphatic imine (C=N–C) groups is 1. The van der Waals surface area contributed by atoms with Crippen LogP contribution in [0.5, 0.6) is 5.75 Å². The second kappa shape index (κ2) is 9.62. The summed E-state index contributed by atoms with van der Waals surface area (Å²) in [5.41, 5.74) is 7.78. The van der Waals surface area contributed by atoms with Crippen LogP contribution in [0.3, 0.4) is 0 Å². The molecular weight excluding hydrogens is 411 g/mol. The minimum Gasteiger partial charge on any atom is -0.495 e. The molecule has 0 bridgehead atoms. The third-order valence-corrected chi connectivity index (χ3v) is 3.89. The van der Waals surface area contributed by atoms with Gasteiger partial charge >= 0.3 is 0 Å². The van der Waals surface area contributed by atoms with Crippen molar-refractivity contribution in [2.75, 3.05) is 19.0 Å². The van der Waals surface area contributed by atoms with E-state index >= 15 is 0 Å². The van der Waals surface area contributed by atoms with Gasteiger partial charge in [-0.2, -0.15) is 0 Å². The number of nitrogens with two attached hydrogens (primary N) is 1. The van der Waals surface area contributed by atoms with Gasteiger partial charge in [-0.15, -0.1) is 35.3 Å². The molecule has 7 heteroatoms. The molecule has 0 aliphatic carbocycles. The number of halogens is 1. The number of hydrogen-bond acceptors (Lipinski definition) is 4. The van der Waals surface area contributed by atoms with Gasteiger partial charge in [0.25, 0.3) is 0 Å². The van der Waals surface area contributed by atoms with Crippen LogP contribution in [-0.2, 0) is 6.42 Å². The first-order chi connectivity index (χ1) is 10.2. The number of thiazole rings is 1. The van der Waals surface area contributed by atoms with Gasteiger partial charge in [-0.3, -0.25) is 4.99 Å². The molecule has 0 aliphatic heterocycles. The van der Waals surface area contributed by atoms with Crippen molar-refractivity contribution >= 4 is 47.0 Å². The number of ether oxygens (including phenoxy) is 1. The largest absolute Gasteiger partial charge is 0.495 e. The summed E-state index contributed by atoms with van der Waals surface area (Å²) in [5, 5.41) is 6.27. The van der Waals surface area contributed by atoms with Crippen molar-refractivity contribution in [2.24, 2.45) is 10.7 Å². The van der Waals surface area contributed by atoms with Gasteiger partial charge in [0.2, 0.25) is 0 Å². The number of guanidine groups is 1. The van der Waals surface area contributed by atoms with Gasteiger partial charge in [-0.25, -0.2) is 4.98 Å². The highest BCUT2D eigenvalue weighted by molar-refractivity contribution is 14.0. The monoisotopic (exact) mass is 432 g/mol. The van der Waals surface area contributed by atoms with Crippen molar-refractivity contribution in [3.63, 3.8) is 0 Å². The number of hydrogen-bond donors (Lipinski definition) is 2. The third-order valence-electron chi connectivity index (χ3n) is 2.87. The van der Waals surface area contributed by atoms with E-state index in [0.29, 0.717) is 12.5 Å². The van der Waals surface area contributed by atoms with Crippen LogP contribution in [-0.4, -0.2) is 24.6 Å². The normalized spacial score (nSPS) is 10.9. The molecule has 1 aromatic heterocycles. The predicted octanol–water partition coefficient (Wildman–Crippen LogP) is 3.44. The maximum Gasteiger partial charge on any atom is 0.193 e. The SMILES string of the molecule is COc1ccccc1NC(N)=NCCCc1nc(C)cs1.I. The lowest BCUT2D eigenvalue weighted by Gasteiger charge is -2.09. The predicted molar refractivity (Wildman–Crippen MR) is 104 cm³/mol. The first kappa shape index (κ1) is 18.7. The van der Waals surface area contributed by atoms with E-state index in [4.69, 9.17) is 10.5 Å². The molecule has 2 aromatic rings. The van der Waals surface area contributed by atoms with E-state index < -0.39 is 0 Å². The molecule has 0 atom stereocenters. The average Bonchev–Trinajstić information content (AvgIpc) is 2.90. The standard InChI is InChI=1S/C15H20N4OS.HI/c1-11-10-21-14(18-11)8-5-9-17-15(16)19-12-6-3-4-7-13(12)20-2;/h3-4,6-7,10H,5,8-9H2,1-2H3,(H3,16,17,19);1H. The van der Waals surface area contributed by atoms with Crippen molar-refractivity contribution < 1.29 is 4.74 Å². The second-order valence-corrected chi connectivity index (χ2v) is 5.52. The smallest absolute Gasteiger partial charge is 0.193 e. The number of nitrogens with zero attached hydrogens (tertiary/aromatic N) is 2. The lowest BCUT2D eigenvalue weighted by Crippen LogP contribution is -2.23. The fraction of sp³-hybridized carbons (Fsp3) is 0.333. The lowest BCUT2D eigenvalue weighted by molar-refractivity contribution is 0.417. The van der Waals surface area contributed by atoms with Crippen LogP contribution in [0.15, 0.2) is 34.6 Å². The van der Waals surface area contributed by atoms with Gasteiger partial charge in [-0.1, -0.05) is 12.1 Å². The first-order valence-electron chi connectivity index (χ1n) is 6.80. The summed E-state index contributed by atoms with van der Waals surface area (Å²) in [6.45, 7) is 2.68. The maximum atomic E-state index is 5.88. The number of anilines is 1. The number of nitrogens with one attached hydrogen (secondary N) is 1. The number of benzene rings is 1. The van der Waals surface area contributed by atoms with Crippen molar-refractivity contribution in [1.82, 2.24) is 4.98 Å². The Morgan fingerprint density at radius 3 is 2.86 bits per heavy atom. The van der Waals surface area contributed by atoms with Gasteiger partial charge in [0.05, 0.1) is 17.8 Å². The molecule has 0 aliphatic rings. The van der Waals surface area contributed by atoms with E-state index in [1.165, 1.54) is 0 Å². The highest BCUT2D eigenvalue weighted by Gasteiger charge is 2.02. The number of para-hydroxylation sites is 2. The van der Waals surface area contributed by atoms with Crippen molar-refractivity contribution in [2.45, 2.75) is 19.8 Å². The van der Waals surface area contributed by atoms with Crippen LogP contribution in [0.4, 0.5) is 5.69 Å².